The predicted molar refractivity (Wildman–Crippen MR) is 91.1 cm³/mol. The Morgan fingerprint density at radius 3 is 2.48 bits per heavy atom. The first-order valence-corrected chi connectivity index (χ1v) is 8.33. The standard InChI is InChI=1S/C15H15BrN2O4S/c1-3-22-10-5-4-9(8-11(10)21-2)14(19)17-18-15(20)12-6-7-13(16)23-12/h4-8H,3H2,1-2H3,(H,17,19)(H,18,20). The molecule has 0 saturated heterocycles. The quantitative estimate of drug-likeness (QED) is 0.758. The van der Waals surface area contributed by atoms with E-state index in [0.717, 1.165) is 3.79 Å². The van der Waals surface area contributed by atoms with E-state index in [1.807, 2.05) is 6.92 Å². The molecule has 0 aliphatic rings. The Bertz CT molecular complexity index is 717. The fourth-order valence-corrected chi connectivity index (χ4v) is 3.05. The van der Waals surface area contributed by atoms with Crippen LogP contribution in [0.5, 0.6) is 11.5 Å². The molecule has 6 nitrogen and oxygen atoms in total. The third-order valence-electron chi connectivity index (χ3n) is 2.81. The lowest BCUT2D eigenvalue weighted by molar-refractivity contribution is 0.0848. The van der Waals surface area contributed by atoms with Crippen molar-refractivity contribution in [2.45, 2.75) is 6.92 Å². The Hall–Kier alpha value is -2.06. The van der Waals surface area contributed by atoms with Gasteiger partial charge in [0.15, 0.2) is 11.5 Å². The Labute approximate surface area is 145 Å². The van der Waals surface area contributed by atoms with Crippen LogP contribution in [0.4, 0.5) is 0 Å². The lowest BCUT2D eigenvalue weighted by Crippen LogP contribution is -2.41. The number of carbonyl (C=O) groups excluding carboxylic acids is 2. The van der Waals surface area contributed by atoms with Crippen LogP contribution in [0.25, 0.3) is 0 Å². The van der Waals surface area contributed by atoms with Gasteiger partial charge >= 0.3 is 0 Å². The maximum absolute atomic E-state index is 12.1. The average molecular weight is 399 g/mol. The molecule has 23 heavy (non-hydrogen) atoms. The number of ether oxygens (including phenoxy) is 2. The molecule has 0 radical (unpaired) electrons. The summed E-state index contributed by atoms with van der Waals surface area (Å²) in [5, 5.41) is 0. The van der Waals surface area contributed by atoms with Crippen molar-refractivity contribution < 1.29 is 19.1 Å². The van der Waals surface area contributed by atoms with Crippen molar-refractivity contribution >= 4 is 39.1 Å². The summed E-state index contributed by atoms with van der Waals surface area (Å²) in [6.07, 6.45) is 0. The van der Waals surface area contributed by atoms with Crippen LogP contribution in [0.3, 0.4) is 0 Å². The zero-order valence-electron chi connectivity index (χ0n) is 12.5. The number of benzene rings is 1. The zero-order chi connectivity index (χ0) is 16.8. The van der Waals surface area contributed by atoms with Crippen LogP contribution >= 0.6 is 27.3 Å². The molecule has 1 heterocycles. The van der Waals surface area contributed by atoms with Crippen LogP contribution in [0.2, 0.25) is 0 Å². The summed E-state index contributed by atoms with van der Waals surface area (Å²) in [5.74, 6) is 0.175. The van der Waals surface area contributed by atoms with Crippen LogP contribution < -0.4 is 20.3 Å². The monoisotopic (exact) mass is 398 g/mol. The third kappa shape index (κ3) is 4.46. The summed E-state index contributed by atoms with van der Waals surface area (Å²) in [4.78, 5) is 24.5. The number of halogens is 1. The minimum atomic E-state index is -0.449. The fraction of sp³-hybridized carbons (Fsp3) is 0.200. The topological polar surface area (TPSA) is 76.7 Å². The number of methoxy groups -OCH3 is 1. The number of amides is 2. The minimum Gasteiger partial charge on any atom is -0.493 e. The smallest absolute Gasteiger partial charge is 0.279 e. The molecule has 8 heteroatoms. The van der Waals surface area contributed by atoms with E-state index in [-0.39, 0.29) is 5.91 Å². The van der Waals surface area contributed by atoms with Crippen molar-refractivity contribution in [3.8, 4) is 11.5 Å². The van der Waals surface area contributed by atoms with E-state index in [1.54, 1.807) is 30.3 Å². The van der Waals surface area contributed by atoms with E-state index in [9.17, 15) is 9.59 Å². The molecule has 0 saturated carbocycles. The molecule has 0 spiro atoms. The lowest BCUT2D eigenvalue weighted by Gasteiger charge is -2.11. The van der Waals surface area contributed by atoms with Gasteiger partial charge in [-0.05, 0) is 53.2 Å². The highest BCUT2D eigenvalue weighted by Crippen LogP contribution is 2.28. The maximum atomic E-state index is 12.1. The molecule has 2 N–H and O–H groups in total. The van der Waals surface area contributed by atoms with Crippen LogP contribution in [0.1, 0.15) is 27.0 Å². The third-order valence-corrected chi connectivity index (χ3v) is 4.43. The molecule has 0 fully saturated rings. The molecule has 0 unspecified atom stereocenters. The molecule has 0 aliphatic carbocycles. The first kappa shape index (κ1) is 17.3. The summed E-state index contributed by atoms with van der Waals surface area (Å²) >= 11 is 4.55. The van der Waals surface area contributed by atoms with Gasteiger partial charge in [0.1, 0.15) is 0 Å². The van der Waals surface area contributed by atoms with Gasteiger partial charge in [-0.25, -0.2) is 0 Å². The number of carbonyl (C=O) groups is 2. The maximum Gasteiger partial charge on any atom is 0.279 e. The van der Waals surface area contributed by atoms with E-state index in [1.165, 1.54) is 18.4 Å². The van der Waals surface area contributed by atoms with Crippen molar-refractivity contribution in [2.24, 2.45) is 0 Å². The molecule has 2 rings (SSSR count). The van der Waals surface area contributed by atoms with Gasteiger partial charge in [-0.3, -0.25) is 20.4 Å². The molecule has 1 aromatic carbocycles. The van der Waals surface area contributed by atoms with Crippen LogP contribution in [-0.4, -0.2) is 25.5 Å². The predicted octanol–water partition coefficient (Wildman–Crippen LogP) is 2.99. The number of thiophene rings is 1. The van der Waals surface area contributed by atoms with Gasteiger partial charge in [0.05, 0.1) is 22.4 Å². The molecule has 0 bridgehead atoms. The second kappa shape index (κ2) is 7.98. The van der Waals surface area contributed by atoms with Gasteiger partial charge in [0.2, 0.25) is 0 Å². The van der Waals surface area contributed by atoms with E-state index in [2.05, 4.69) is 26.8 Å². The highest BCUT2D eigenvalue weighted by atomic mass is 79.9. The van der Waals surface area contributed by atoms with Crippen LogP contribution in [0.15, 0.2) is 34.1 Å². The Morgan fingerprint density at radius 1 is 1.13 bits per heavy atom. The highest BCUT2D eigenvalue weighted by Gasteiger charge is 2.13. The van der Waals surface area contributed by atoms with Crippen molar-refractivity contribution in [2.75, 3.05) is 13.7 Å². The summed E-state index contributed by atoms with van der Waals surface area (Å²) in [5.41, 5.74) is 5.08. The summed E-state index contributed by atoms with van der Waals surface area (Å²) in [7, 11) is 1.50. The number of hydrogen-bond acceptors (Lipinski definition) is 5. The first-order chi connectivity index (χ1) is 11.0. The largest absolute Gasteiger partial charge is 0.493 e. The Morgan fingerprint density at radius 2 is 1.87 bits per heavy atom. The van der Waals surface area contributed by atoms with Crippen molar-refractivity contribution in [3.05, 3.63) is 44.6 Å². The Kier molecular flexibility index (Phi) is 6.00. The van der Waals surface area contributed by atoms with Gasteiger partial charge in [-0.15, -0.1) is 11.3 Å². The summed E-state index contributed by atoms with van der Waals surface area (Å²) in [6.45, 7) is 2.35. The second-order valence-corrected chi connectivity index (χ2v) is 6.77. The van der Waals surface area contributed by atoms with Gasteiger partial charge < -0.3 is 9.47 Å². The van der Waals surface area contributed by atoms with Crippen molar-refractivity contribution in [1.82, 2.24) is 10.9 Å². The molecular formula is C15H15BrN2O4S. The van der Waals surface area contributed by atoms with E-state index >= 15 is 0 Å². The van der Waals surface area contributed by atoms with Gasteiger partial charge in [0, 0.05) is 5.56 Å². The Balaban J connectivity index is 2.01. The summed E-state index contributed by atoms with van der Waals surface area (Å²) < 4.78 is 11.4. The zero-order valence-corrected chi connectivity index (χ0v) is 14.9. The first-order valence-electron chi connectivity index (χ1n) is 6.72. The van der Waals surface area contributed by atoms with Crippen LogP contribution in [-0.2, 0) is 0 Å². The van der Waals surface area contributed by atoms with Gasteiger partial charge in [-0.2, -0.15) is 0 Å². The normalized spacial score (nSPS) is 10.0. The van der Waals surface area contributed by atoms with E-state index in [0.29, 0.717) is 28.5 Å². The van der Waals surface area contributed by atoms with Gasteiger partial charge in [0.25, 0.3) is 11.8 Å². The van der Waals surface area contributed by atoms with E-state index < -0.39 is 5.91 Å². The fourth-order valence-electron chi connectivity index (χ4n) is 1.77. The van der Waals surface area contributed by atoms with Gasteiger partial charge in [-0.1, -0.05) is 0 Å². The van der Waals surface area contributed by atoms with Crippen LogP contribution in [0, 0.1) is 0 Å². The lowest BCUT2D eigenvalue weighted by atomic mass is 10.2. The minimum absolute atomic E-state index is 0.345. The number of hydrogen-bond donors (Lipinski definition) is 2. The molecule has 2 aromatic rings. The van der Waals surface area contributed by atoms with Crippen molar-refractivity contribution in [3.63, 3.8) is 0 Å². The van der Waals surface area contributed by atoms with E-state index in [4.69, 9.17) is 9.47 Å². The molecule has 2 amide bonds. The molecule has 0 atom stereocenters. The number of nitrogens with one attached hydrogen (secondary N) is 2. The second-order valence-electron chi connectivity index (χ2n) is 4.31. The molecule has 122 valence electrons. The van der Waals surface area contributed by atoms with Crippen molar-refractivity contribution in [1.29, 1.82) is 0 Å². The molecule has 1 aromatic heterocycles. The molecular weight excluding hydrogens is 384 g/mol. The highest BCUT2D eigenvalue weighted by molar-refractivity contribution is 9.11. The number of hydrazine groups is 1. The summed E-state index contributed by atoms with van der Waals surface area (Å²) in [6, 6.07) is 8.22. The SMILES string of the molecule is CCOc1ccc(C(=O)NNC(=O)c2ccc(Br)s2)cc1OC. The number of rotatable bonds is 5. The molecule has 0 aliphatic heterocycles. The average Bonchev–Trinajstić information content (AvgIpc) is 2.99.